The number of aromatic nitrogens is 1. The number of aliphatic imine (C=N–C) groups is 2. The van der Waals surface area contributed by atoms with Crippen LogP contribution in [-0.2, 0) is 9.53 Å². The van der Waals surface area contributed by atoms with Crippen molar-refractivity contribution in [3.63, 3.8) is 0 Å². The first kappa shape index (κ1) is 20.9. The van der Waals surface area contributed by atoms with Crippen molar-refractivity contribution in [2.75, 3.05) is 5.32 Å². The van der Waals surface area contributed by atoms with Gasteiger partial charge in [-0.1, -0.05) is 48.5 Å². The van der Waals surface area contributed by atoms with Gasteiger partial charge >= 0.3 is 0 Å². The number of carbonyl (C=O) groups excluding carboxylic acids is 1. The molecule has 160 valence electrons. The average molecular weight is 430 g/mol. The lowest BCUT2D eigenvalue weighted by Gasteiger charge is -2.10. The Morgan fingerprint density at radius 2 is 1.84 bits per heavy atom. The van der Waals surface area contributed by atoms with E-state index in [4.69, 9.17) is 15.9 Å². The fraction of sp³-hybridized carbons (Fsp3) is 0.0870. The van der Waals surface area contributed by atoms with E-state index in [-0.39, 0.29) is 11.4 Å². The molecule has 0 spiro atoms. The Morgan fingerprint density at radius 1 is 1.12 bits per heavy atom. The molecule has 1 atom stereocenters. The van der Waals surface area contributed by atoms with E-state index in [2.05, 4.69) is 20.3 Å². The maximum atomic E-state index is 13.4. The van der Waals surface area contributed by atoms with Crippen LogP contribution in [0, 0.1) is 18.2 Å². The molecule has 4 N–H and O–H groups in total. The molecule has 1 unspecified atom stereocenters. The van der Waals surface area contributed by atoms with Gasteiger partial charge in [-0.05, 0) is 25.1 Å². The number of rotatable bonds is 3. The smallest absolute Gasteiger partial charge is 0.291 e. The molecule has 1 aliphatic heterocycles. The molecule has 0 fully saturated rings. The molecule has 8 nitrogen and oxygen atoms in total. The molecule has 0 saturated carbocycles. The normalized spacial score (nSPS) is 15.8. The van der Waals surface area contributed by atoms with Crippen molar-refractivity contribution in [1.29, 1.82) is 5.41 Å². The second-order valence-corrected chi connectivity index (χ2v) is 6.91. The van der Waals surface area contributed by atoms with E-state index in [9.17, 15) is 9.18 Å². The number of pyridine rings is 1. The van der Waals surface area contributed by atoms with Crippen LogP contribution in [0.3, 0.4) is 0 Å². The lowest BCUT2D eigenvalue weighted by atomic mass is 10.0. The number of fused-ring (bicyclic) bond motifs is 1. The molecule has 0 aliphatic carbocycles. The number of halogens is 1. The van der Waals surface area contributed by atoms with E-state index in [0.29, 0.717) is 11.4 Å². The number of amidine groups is 1. The second-order valence-electron chi connectivity index (χ2n) is 6.91. The third-order valence-electron chi connectivity index (χ3n) is 4.68. The summed E-state index contributed by atoms with van der Waals surface area (Å²) < 4.78 is 18.6. The van der Waals surface area contributed by atoms with Crippen molar-refractivity contribution in [2.45, 2.75) is 13.1 Å². The topological polar surface area (TPSA) is 126 Å². The quantitative estimate of drug-likeness (QED) is 0.436. The minimum absolute atomic E-state index is 0.0771. The van der Waals surface area contributed by atoms with Gasteiger partial charge in [-0.25, -0.2) is 14.4 Å². The molecule has 4 rings (SSSR count). The van der Waals surface area contributed by atoms with Gasteiger partial charge in [-0.3, -0.25) is 10.2 Å². The number of para-hydroxylation sites is 1. The largest absolute Gasteiger partial charge is 0.405 e. The Morgan fingerprint density at radius 3 is 2.59 bits per heavy atom. The molecule has 0 saturated heterocycles. The zero-order chi connectivity index (χ0) is 22.7. The van der Waals surface area contributed by atoms with E-state index in [1.54, 1.807) is 6.07 Å². The highest BCUT2D eigenvalue weighted by Crippen LogP contribution is 2.24. The molecule has 1 aliphatic rings. The summed E-state index contributed by atoms with van der Waals surface area (Å²) in [7, 11) is 0. The molecule has 1 aromatic heterocycles. The summed E-state index contributed by atoms with van der Waals surface area (Å²) in [5.41, 5.74) is 8.74. The van der Waals surface area contributed by atoms with E-state index >= 15 is 0 Å². The number of carbonyl (C=O) groups is 1. The first-order chi connectivity index (χ1) is 15.4. The molecule has 3 aromatic rings. The van der Waals surface area contributed by atoms with Crippen molar-refractivity contribution in [3.05, 3.63) is 95.1 Å². The predicted molar refractivity (Wildman–Crippen MR) is 119 cm³/mol. The van der Waals surface area contributed by atoms with E-state index in [0.717, 1.165) is 11.1 Å². The van der Waals surface area contributed by atoms with Crippen LogP contribution in [0.15, 0.2) is 76.7 Å². The number of hydrogen-bond acceptors (Lipinski definition) is 6. The maximum Gasteiger partial charge on any atom is 0.291 e. The van der Waals surface area contributed by atoms with Crippen LogP contribution in [0.25, 0.3) is 0 Å². The Balaban J connectivity index is 1.66. The number of amides is 1. The molecule has 1 amide bonds. The van der Waals surface area contributed by atoms with Crippen LogP contribution in [0.4, 0.5) is 10.1 Å². The van der Waals surface area contributed by atoms with Gasteiger partial charge in [-0.15, -0.1) is 0 Å². The number of benzodiazepines with no additional fused rings is 1. The number of anilines is 1. The fourth-order valence-corrected chi connectivity index (χ4v) is 3.13. The van der Waals surface area contributed by atoms with Gasteiger partial charge in [0.15, 0.2) is 0 Å². The number of ether oxygens (including phenoxy) is 1. The summed E-state index contributed by atoms with van der Waals surface area (Å²) in [5, 5.41) is 10.8. The number of nitrogens with two attached hydrogens (primary N) is 1. The van der Waals surface area contributed by atoms with Crippen LogP contribution in [0.5, 0.6) is 0 Å². The monoisotopic (exact) mass is 430 g/mol. The maximum absolute atomic E-state index is 13.4. The number of aryl methyl sites for hydroxylation is 1. The Kier molecular flexibility index (Phi) is 5.71. The summed E-state index contributed by atoms with van der Waals surface area (Å²) in [5.74, 6) is -1.43. The standard InChI is InChI=1S/C23H19FN6O2/c1-13-16(24)11-12-18(27-13)20(25)32-23(26)30-21-22(31)28-17-10-6-5-9-15(17)19(29-21)14-7-3-2-4-8-14/h2-12,21,25H,1H3,(H2,26,30)(H,28,31). The van der Waals surface area contributed by atoms with Crippen molar-refractivity contribution in [3.8, 4) is 0 Å². The number of benzene rings is 2. The van der Waals surface area contributed by atoms with Gasteiger partial charge in [0.05, 0.1) is 17.1 Å². The van der Waals surface area contributed by atoms with E-state index < -0.39 is 29.8 Å². The zero-order valence-corrected chi connectivity index (χ0v) is 17.0. The number of hydrogen-bond donors (Lipinski definition) is 3. The van der Waals surface area contributed by atoms with Crippen molar-refractivity contribution >= 4 is 29.2 Å². The van der Waals surface area contributed by atoms with Gasteiger partial charge in [0.25, 0.3) is 11.9 Å². The van der Waals surface area contributed by atoms with Gasteiger partial charge in [0.1, 0.15) is 11.5 Å². The van der Waals surface area contributed by atoms with Crippen LogP contribution >= 0.6 is 0 Å². The first-order valence-corrected chi connectivity index (χ1v) is 9.69. The lowest BCUT2D eigenvalue weighted by molar-refractivity contribution is -0.117. The highest BCUT2D eigenvalue weighted by Gasteiger charge is 2.26. The summed E-state index contributed by atoms with van der Waals surface area (Å²) in [6.45, 7) is 1.47. The lowest BCUT2D eigenvalue weighted by Crippen LogP contribution is -2.29. The Bertz CT molecular complexity index is 1260. The van der Waals surface area contributed by atoms with Gasteiger partial charge in [0, 0.05) is 11.1 Å². The molecule has 0 bridgehead atoms. The summed E-state index contributed by atoms with van der Waals surface area (Å²) >= 11 is 0. The van der Waals surface area contributed by atoms with Crippen LogP contribution < -0.4 is 11.1 Å². The average Bonchev–Trinajstić information content (AvgIpc) is 2.92. The Labute approximate surface area is 183 Å². The fourth-order valence-electron chi connectivity index (χ4n) is 3.13. The minimum Gasteiger partial charge on any atom is -0.405 e. The minimum atomic E-state index is -1.24. The zero-order valence-electron chi connectivity index (χ0n) is 17.0. The summed E-state index contributed by atoms with van der Waals surface area (Å²) in [4.78, 5) is 25.3. The van der Waals surface area contributed by atoms with Crippen molar-refractivity contribution in [1.82, 2.24) is 4.98 Å². The summed E-state index contributed by atoms with van der Waals surface area (Å²) in [6, 6.07) is 18.7. The van der Waals surface area contributed by atoms with Gasteiger partial charge in [0.2, 0.25) is 12.1 Å². The third kappa shape index (κ3) is 4.36. The SMILES string of the molecule is Cc1nc(C(=N)O/C(N)=N/C2N=C(c3ccccc3)c3ccccc3NC2=O)ccc1F. The van der Waals surface area contributed by atoms with Crippen LogP contribution in [0.2, 0.25) is 0 Å². The molecule has 0 radical (unpaired) electrons. The molecule has 9 heteroatoms. The molecular formula is C23H19FN6O2. The van der Waals surface area contributed by atoms with Gasteiger partial charge in [-0.2, -0.15) is 4.99 Å². The van der Waals surface area contributed by atoms with Crippen LogP contribution in [-0.4, -0.2) is 34.7 Å². The second kappa shape index (κ2) is 8.76. The molecule has 2 heterocycles. The third-order valence-corrected chi connectivity index (χ3v) is 4.68. The Hall–Kier alpha value is -4.40. The van der Waals surface area contributed by atoms with Crippen molar-refractivity contribution in [2.24, 2.45) is 15.7 Å². The summed E-state index contributed by atoms with van der Waals surface area (Å²) in [6.07, 6.45) is -1.24. The van der Waals surface area contributed by atoms with Gasteiger partial charge < -0.3 is 15.8 Å². The highest BCUT2D eigenvalue weighted by atomic mass is 19.1. The number of nitrogens with zero attached hydrogens (tertiary/aromatic N) is 3. The molecular weight excluding hydrogens is 411 g/mol. The van der Waals surface area contributed by atoms with Crippen LogP contribution in [0.1, 0.15) is 22.5 Å². The first-order valence-electron chi connectivity index (χ1n) is 9.69. The van der Waals surface area contributed by atoms with E-state index in [1.807, 2.05) is 48.5 Å². The number of nitrogens with one attached hydrogen (secondary N) is 2. The highest BCUT2D eigenvalue weighted by molar-refractivity contribution is 6.19. The van der Waals surface area contributed by atoms with E-state index in [1.165, 1.54) is 19.1 Å². The van der Waals surface area contributed by atoms with Crippen molar-refractivity contribution < 1.29 is 13.9 Å². The predicted octanol–water partition coefficient (Wildman–Crippen LogP) is 3.00. The molecule has 32 heavy (non-hydrogen) atoms. The molecule has 2 aromatic carbocycles.